The summed E-state index contributed by atoms with van der Waals surface area (Å²) in [5, 5.41) is 97.8. The van der Waals surface area contributed by atoms with E-state index in [0.717, 1.165) is 27.7 Å². The topological polar surface area (TPSA) is 825 Å². The largest absolute Gasteiger partial charge is 0.508 e. The fourth-order valence-electron chi connectivity index (χ4n) is 11.6. The lowest BCUT2D eigenvalue weighted by molar-refractivity contribution is -0.870. The van der Waals surface area contributed by atoms with Gasteiger partial charge in [0.1, 0.15) is 84.3 Å². The maximum Gasteiger partial charge on any atom is 0.326 e. The predicted octanol–water partition coefficient (Wildman–Crippen LogP) is -12.4. The number of aromatic hydroxyl groups is 1. The van der Waals surface area contributed by atoms with Gasteiger partial charge in [-0.15, -0.1) is 0 Å². The first-order chi connectivity index (χ1) is 58.1. The number of carbonyl (C=O) groups excluding carboxylic acids is 16. The van der Waals surface area contributed by atoms with Crippen LogP contribution in [0.3, 0.4) is 0 Å². The molecule has 49 nitrogen and oxygen atoms in total. The number of benzene rings is 1. The molecule has 0 spiro atoms. The van der Waals surface area contributed by atoms with Gasteiger partial charge in [0.2, 0.25) is 94.5 Å². The third-order valence-electron chi connectivity index (χ3n) is 18.6. The summed E-state index contributed by atoms with van der Waals surface area (Å²) in [6, 6.07) is -16.5. The van der Waals surface area contributed by atoms with Gasteiger partial charge in [0.25, 0.3) is 0 Å². The first kappa shape index (κ1) is 110. The van der Waals surface area contributed by atoms with Crippen molar-refractivity contribution in [3.63, 3.8) is 0 Å². The van der Waals surface area contributed by atoms with Gasteiger partial charge >= 0.3 is 5.97 Å². The van der Waals surface area contributed by atoms with Crippen molar-refractivity contribution < 1.29 is 117 Å². The average molecular weight is 1770 g/mol. The zero-order chi connectivity index (χ0) is 94.3. The molecular formula is C75H133N26O23+. The van der Waals surface area contributed by atoms with Gasteiger partial charge in [0.05, 0.1) is 71.7 Å². The molecule has 0 bridgehead atoms. The van der Waals surface area contributed by atoms with Crippen molar-refractivity contribution in [2.75, 3.05) is 73.6 Å². The molecule has 0 fully saturated rings. The highest BCUT2D eigenvalue weighted by atomic mass is 16.4. The Hall–Kier alpha value is -11.8. The number of aliphatic carboxylic acids is 1. The Morgan fingerprint density at radius 3 is 1.13 bits per heavy atom. The lowest BCUT2D eigenvalue weighted by Crippen LogP contribution is -2.62. The number of primary amides is 1. The number of unbranched alkanes of at least 4 members (excludes halogenated alkanes) is 3. The SMILES string of the molecule is C[C@H](N)C(=O)N[C@@H](CCCN=C(N)N)C(=O)N[C@H](C(=O)N[C@@H](CCCCN)C(=O)N[C@@H](CCC(N)=O)C(=O)N[C@H](C(=O)N[C@@H](C)C(=O)N[C@@H](CCCN=C(N)N)C(=O)N[C@@H](CCCC[N+](C)(C)C)C(=O)N[C@@H](CO)C(=O)N[C@H](C(=O)NCC(=O)NCC(=O)N[C@@H](CCCCN)C(=O)N[C@@H](C)C(=O)N[C@@H](Cc1ccc(O)cc1)C(=O)O)[C@@H](C)O)[C@@H](C)O)[C@@H](C)O. The van der Waals surface area contributed by atoms with Crippen molar-refractivity contribution in [2.24, 2.45) is 55.9 Å². The van der Waals surface area contributed by atoms with Crippen LogP contribution in [0.25, 0.3) is 0 Å². The fraction of sp³-hybridized carbons (Fsp3) is 0.667. The van der Waals surface area contributed by atoms with E-state index in [0.29, 0.717) is 42.3 Å². The maximum atomic E-state index is 14.5. The van der Waals surface area contributed by atoms with E-state index in [9.17, 15) is 112 Å². The third kappa shape index (κ3) is 44.9. The van der Waals surface area contributed by atoms with Crippen LogP contribution in [0.15, 0.2) is 34.3 Å². The number of carboxylic acids is 1. The second kappa shape index (κ2) is 57.6. The number of rotatable bonds is 61. The smallest absolute Gasteiger partial charge is 0.326 e. The molecule has 0 heterocycles. The van der Waals surface area contributed by atoms with Gasteiger partial charge in [-0.2, -0.15) is 0 Å². The number of amides is 16. The molecule has 1 rings (SSSR count). The Labute approximate surface area is 718 Å². The van der Waals surface area contributed by atoms with Crippen LogP contribution < -0.4 is 126 Å². The Morgan fingerprint density at radius 2 is 0.726 bits per heavy atom. The van der Waals surface area contributed by atoms with E-state index in [1.54, 1.807) is 0 Å². The number of hydrogen-bond donors (Lipinski definition) is 29. The molecule has 0 aliphatic carbocycles. The quantitative estimate of drug-likeness (QED) is 0.0125. The number of nitrogens with one attached hydrogen (secondary N) is 15. The molecule has 0 saturated carbocycles. The van der Waals surface area contributed by atoms with E-state index in [1.165, 1.54) is 38.1 Å². The molecular weight excluding hydrogens is 1630 g/mol. The molecule has 124 heavy (non-hydrogen) atoms. The van der Waals surface area contributed by atoms with Gasteiger partial charge in [-0.05, 0) is 162 Å². The molecule has 0 radical (unpaired) electrons. The summed E-state index contributed by atoms with van der Waals surface area (Å²) < 4.78 is 0.471. The molecule has 0 saturated heterocycles. The van der Waals surface area contributed by atoms with Crippen LogP contribution in [0.2, 0.25) is 0 Å². The minimum atomic E-state index is -1.95. The monoisotopic (exact) mass is 1770 g/mol. The summed E-state index contributed by atoms with van der Waals surface area (Å²) in [5.41, 5.74) is 44.9. The van der Waals surface area contributed by atoms with Crippen molar-refractivity contribution in [3.05, 3.63) is 29.8 Å². The number of carbonyl (C=O) groups is 17. The second-order valence-corrected chi connectivity index (χ2v) is 30.8. The lowest BCUT2D eigenvalue weighted by Gasteiger charge is -2.29. The zero-order valence-corrected chi connectivity index (χ0v) is 71.7. The molecule has 0 unspecified atom stereocenters. The normalized spacial score (nSPS) is 15.3. The number of aliphatic hydroxyl groups excluding tert-OH is 4. The third-order valence-corrected chi connectivity index (χ3v) is 18.6. The fourth-order valence-corrected chi connectivity index (χ4v) is 11.6. The maximum absolute atomic E-state index is 14.5. The minimum Gasteiger partial charge on any atom is -0.508 e. The number of quaternary nitrogens is 1. The van der Waals surface area contributed by atoms with Gasteiger partial charge < -0.3 is 161 Å². The van der Waals surface area contributed by atoms with E-state index >= 15 is 0 Å². The number of guanidine groups is 2. The second-order valence-electron chi connectivity index (χ2n) is 30.8. The number of carboxylic acid groups (broad SMARTS) is 1. The zero-order valence-electron chi connectivity index (χ0n) is 71.7. The Bertz CT molecular complexity index is 3750. The molecule has 17 atom stereocenters. The highest BCUT2D eigenvalue weighted by molar-refractivity contribution is 6.00. The number of aliphatic imine (C=N–C) groups is 2. The van der Waals surface area contributed by atoms with Crippen molar-refractivity contribution >= 4 is 112 Å². The molecule has 16 amide bonds. The number of phenolic OH excluding ortho intramolecular Hbond substituents is 1. The summed E-state index contributed by atoms with van der Waals surface area (Å²) in [6.07, 6.45) is -5.07. The molecule has 49 heteroatoms. The lowest BCUT2D eigenvalue weighted by atomic mass is 10.0. The first-order valence-corrected chi connectivity index (χ1v) is 40.6. The molecule has 700 valence electrons. The van der Waals surface area contributed by atoms with Gasteiger partial charge in [0, 0.05) is 25.9 Å². The number of nitrogens with two attached hydrogens (primary N) is 8. The molecule has 1 aromatic rings. The van der Waals surface area contributed by atoms with E-state index in [2.05, 4.69) is 89.7 Å². The van der Waals surface area contributed by atoms with E-state index in [-0.39, 0.29) is 108 Å². The first-order valence-electron chi connectivity index (χ1n) is 40.6. The molecule has 1 aromatic carbocycles. The molecule has 0 aliphatic heterocycles. The van der Waals surface area contributed by atoms with Crippen molar-refractivity contribution in [3.8, 4) is 5.75 Å². The summed E-state index contributed by atoms with van der Waals surface area (Å²) >= 11 is 0. The van der Waals surface area contributed by atoms with Crippen LogP contribution >= 0.6 is 0 Å². The average Bonchev–Trinajstić information content (AvgIpc) is 0.815. The Morgan fingerprint density at radius 1 is 0.387 bits per heavy atom. The van der Waals surface area contributed by atoms with Crippen LogP contribution in [-0.2, 0) is 87.9 Å². The molecule has 0 aromatic heterocycles. The van der Waals surface area contributed by atoms with Crippen LogP contribution in [0.5, 0.6) is 5.75 Å². The number of phenols is 1. The van der Waals surface area contributed by atoms with Gasteiger partial charge in [-0.25, -0.2) is 4.79 Å². The van der Waals surface area contributed by atoms with E-state index in [1.807, 2.05) is 21.1 Å². The molecule has 0 aliphatic rings. The van der Waals surface area contributed by atoms with Crippen molar-refractivity contribution in [1.29, 1.82) is 0 Å². The highest BCUT2D eigenvalue weighted by Gasteiger charge is 2.39. The standard InChI is InChI=1S/C75H132N26O23/c1-38(78)60(110)91-50(22-17-32-85-75(82)83)67(117)100-59(43(6)105)72(122)95-48(19-11-14-30-77)64(114)94-51(27-28-54(79)107)68(118)99-58(42(5)104)71(121)89-40(3)61(111)92-49(21-16-31-84-74(80)81)65(115)93-47(20-12-15-33-101(7,8)9)66(116)97-53(37-102)69(119)98-57(41(4)103)70(120)87-35-55(108)86-36-56(109)90-46(18-10-13-29-76)63(113)88-39(2)62(112)96-52(73(123)124)34-44-23-25-45(106)26-24-44/h23-26,38-43,46-53,57-59,102-105H,10-22,27-37,76-78H2,1-9H3,(H26-,79,80,81,82,83,84,85,86,87,88,89,90,91,92,93,94,95,96,97,98,99,100,106,107,108,109,110,111,112,113,114,115,116,117,118,119,120,121,122,123,124)/p+1/t38-,39-,40-,41+,42+,43+,46-,47-,48-,49-,50-,51-,52-,53-,57-,58-,59-/m0/s1. The predicted molar refractivity (Wildman–Crippen MR) is 449 cm³/mol. The Kier molecular flexibility index (Phi) is 51.2. The summed E-state index contributed by atoms with van der Waals surface area (Å²) in [6.45, 7) is 5.09. The van der Waals surface area contributed by atoms with E-state index < -0.39 is 236 Å². The summed E-state index contributed by atoms with van der Waals surface area (Å²) in [4.78, 5) is 238. The Balaban J connectivity index is 3.45. The summed E-state index contributed by atoms with van der Waals surface area (Å²) in [7, 11) is 5.68. The van der Waals surface area contributed by atoms with Gasteiger partial charge in [-0.3, -0.25) is 86.7 Å². The molecule has 37 N–H and O–H groups in total. The van der Waals surface area contributed by atoms with Crippen LogP contribution in [0.1, 0.15) is 143 Å². The van der Waals surface area contributed by atoms with Gasteiger partial charge in [-0.1, -0.05) is 12.1 Å². The number of hydrogen-bond acceptors (Lipinski definition) is 27. The van der Waals surface area contributed by atoms with Crippen molar-refractivity contribution in [2.45, 2.75) is 247 Å². The van der Waals surface area contributed by atoms with Crippen LogP contribution in [0.4, 0.5) is 0 Å². The van der Waals surface area contributed by atoms with Crippen LogP contribution in [-0.4, -0.2) is 324 Å². The van der Waals surface area contributed by atoms with Crippen LogP contribution in [0, 0.1) is 0 Å². The number of aliphatic hydroxyl groups is 4. The van der Waals surface area contributed by atoms with Gasteiger partial charge in [0.15, 0.2) is 11.9 Å². The number of nitrogens with zero attached hydrogens (tertiary/aromatic N) is 3. The van der Waals surface area contributed by atoms with E-state index in [4.69, 9.17) is 45.9 Å². The highest BCUT2D eigenvalue weighted by Crippen LogP contribution is 2.15. The minimum absolute atomic E-state index is 0.00466. The van der Waals surface area contributed by atoms with Crippen molar-refractivity contribution in [1.82, 2.24) is 79.8 Å². The summed E-state index contributed by atoms with van der Waals surface area (Å²) in [5.74, 6) is -18.6.